The van der Waals surface area contributed by atoms with Gasteiger partial charge in [-0.2, -0.15) is 0 Å². The first-order chi connectivity index (χ1) is 7.52. The van der Waals surface area contributed by atoms with E-state index in [-0.39, 0.29) is 0 Å². The highest BCUT2D eigenvalue weighted by molar-refractivity contribution is 6.31. The van der Waals surface area contributed by atoms with Crippen molar-refractivity contribution in [1.82, 2.24) is 9.80 Å². The Kier molecular flexibility index (Phi) is 5.22. The van der Waals surface area contributed by atoms with Gasteiger partial charge in [0.25, 0.3) is 0 Å². The van der Waals surface area contributed by atoms with Crippen molar-refractivity contribution in [2.24, 2.45) is 0 Å². The molecule has 1 atom stereocenters. The molecule has 0 aliphatic carbocycles. The maximum absolute atomic E-state index is 10.1. The van der Waals surface area contributed by atoms with Gasteiger partial charge in [-0.25, -0.2) is 0 Å². The van der Waals surface area contributed by atoms with Crippen molar-refractivity contribution in [2.45, 2.75) is 6.23 Å². The number of rotatable bonds is 5. The molecule has 0 aliphatic rings. The predicted molar refractivity (Wildman–Crippen MR) is 67.6 cm³/mol. The van der Waals surface area contributed by atoms with Crippen LogP contribution in [0.1, 0.15) is 11.8 Å². The van der Waals surface area contributed by atoms with Gasteiger partial charge in [0.1, 0.15) is 6.23 Å². The van der Waals surface area contributed by atoms with E-state index in [1.165, 1.54) is 0 Å². The second kappa shape index (κ2) is 6.21. The maximum Gasteiger partial charge on any atom is 0.134 e. The molecule has 0 bridgehead atoms. The SMILES string of the molecule is CN(C)CCN(C)C(O)c1ccccc1Cl. The molecule has 1 aromatic rings. The Morgan fingerprint density at radius 2 is 1.81 bits per heavy atom. The Morgan fingerprint density at radius 3 is 2.38 bits per heavy atom. The van der Waals surface area contributed by atoms with Crippen molar-refractivity contribution in [1.29, 1.82) is 0 Å². The van der Waals surface area contributed by atoms with Crippen LogP contribution in [0.5, 0.6) is 0 Å². The van der Waals surface area contributed by atoms with Gasteiger partial charge in [0, 0.05) is 23.7 Å². The van der Waals surface area contributed by atoms with Crippen molar-refractivity contribution in [2.75, 3.05) is 34.2 Å². The Labute approximate surface area is 102 Å². The highest BCUT2D eigenvalue weighted by Gasteiger charge is 2.15. The van der Waals surface area contributed by atoms with Crippen molar-refractivity contribution in [3.8, 4) is 0 Å². The molecule has 1 rings (SSSR count). The Morgan fingerprint density at radius 1 is 1.19 bits per heavy atom. The smallest absolute Gasteiger partial charge is 0.134 e. The normalized spacial score (nSPS) is 13.4. The van der Waals surface area contributed by atoms with Gasteiger partial charge in [-0.3, -0.25) is 4.90 Å². The number of nitrogens with zero attached hydrogens (tertiary/aromatic N) is 2. The third-order valence-electron chi connectivity index (χ3n) is 2.50. The highest BCUT2D eigenvalue weighted by atomic mass is 35.5. The molecule has 0 saturated heterocycles. The number of aliphatic hydroxyl groups excluding tert-OH is 1. The van der Waals surface area contributed by atoms with Crippen LogP contribution in [0.4, 0.5) is 0 Å². The van der Waals surface area contributed by atoms with E-state index in [2.05, 4.69) is 4.90 Å². The summed E-state index contributed by atoms with van der Waals surface area (Å²) < 4.78 is 0. The largest absolute Gasteiger partial charge is 0.374 e. The van der Waals surface area contributed by atoms with E-state index in [1.54, 1.807) is 6.07 Å². The molecular formula is C12H19ClN2O. The van der Waals surface area contributed by atoms with Gasteiger partial charge in [0.05, 0.1) is 0 Å². The molecule has 0 heterocycles. The molecular weight excluding hydrogens is 224 g/mol. The quantitative estimate of drug-likeness (QED) is 0.798. The summed E-state index contributed by atoms with van der Waals surface area (Å²) in [5, 5.41) is 10.7. The van der Waals surface area contributed by atoms with Crippen molar-refractivity contribution in [3.05, 3.63) is 34.9 Å². The van der Waals surface area contributed by atoms with Gasteiger partial charge in [-0.1, -0.05) is 29.8 Å². The third-order valence-corrected chi connectivity index (χ3v) is 2.85. The topological polar surface area (TPSA) is 26.7 Å². The van der Waals surface area contributed by atoms with E-state index in [9.17, 15) is 5.11 Å². The number of benzene rings is 1. The van der Waals surface area contributed by atoms with Crippen LogP contribution in [0.15, 0.2) is 24.3 Å². The summed E-state index contributed by atoms with van der Waals surface area (Å²) in [7, 11) is 5.91. The van der Waals surface area contributed by atoms with E-state index in [0.717, 1.165) is 18.7 Å². The molecule has 3 nitrogen and oxygen atoms in total. The molecule has 0 fully saturated rings. The third kappa shape index (κ3) is 3.76. The summed E-state index contributed by atoms with van der Waals surface area (Å²) in [5.74, 6) is 0. The van der Waals surface area contributed by atoms with E-state index >= 15 is 0 Å². The lowest BCUT2D eigenvalue weighted by Gasteiger charge is -2.25. The molecule has 1 N–H and O–H groups in total. The van der Waals surface area contributed by atoms with Gasteiger partial charge in [-0.05, 0) is 27.2 Å². The fourth-order valence-corrected chi connectivity index (χ4v) is 1.64. The molecule has 0 aromatic heterocycles. The molecule has 4 heteroatoms. The molecule has 0 spiro atoms. The molecule has 90 valence electrons. The van der Waals surface area contributed by atoms with E-state index in [0.29, 0.717) is 5.02 Å². The molecule has 0 saturated carbocycles. The van der Waals surface area contributed by atoms with Crippen LogP contribution >= 0.6 is 11.6 Å². The lowest BCUT2D eigenvalue weighted by atomic mass is 10.2. The zero-order valence-corrected chi connectivity index (χ0v) is 10.8. The van der Waals surface area contributed by atoms with Crippen LogP contribution in [0.25, 0.3) is 0 Å². The molecule has 0 amide bonds. The average molecular weight is 243 g/mol. The summed E-state index contributed by atoms with van der Waals surface area (Å²) >= 11 is 6.03. The fraction of sp³-hybridized carbons (Fsp3) is 0.500. The number of hydrogen-bond donors (Lipinski definition) is 1. The van der Waals surface area contributed by atoms with Gasteiger partial charge in [0.2, 0.25) is 0 Å². The average Bonchev–Trinajstić information content (AvgIpc) is 2.25. The monoisotopic (exact) mass is 242 g/mol. The lowest BCUT2D eigenvalue weighted by Crippen LogP contribution is -2.31. The van der Waals surface area contributed by atoms with Crippen molar-refractivity contribution < 1.29 is 5.11 Å². The van der Waals surface area contributed by atoms with Crippen LogP contribution in [0.3, 0.4) is 0 Å². The standard InChI is InChI=1S/C12H19ClN2O/c1-14(2)8-9-15(3)12(16)10-6-4-5-7-11(10)13/h4-7,12,16H,8-9H2,1-3H3. The summed E-state index contributed by atoms with van der Waals surface area (Å²) in [4.78, 5) is 3.96. The number of aliphatic hydroxyl groups is 1. The first kappa shape index (κ1) is 13.5. The summed E-state index contributed by atoms with van der Waals surface area (Å²) in [5.41, 5.74) is 0.755. The molecule has 0 aliphatic heterocycles. The minimum atomic E-state index is -0.645. The first-order valence-electron chi connectivity index (χ1n) is 5.30. The highest BCUT2D eigenvalue weighted by Crippen LogP contribution is 2.24. The summed E-state index contributed by atoms with van der Waals surface area (Å²) in [6, 6.07) is 7.38. The molecule has 0 radical (unpaired) electrons. The number of hydrogen-bond acceptors (Lipinski definition) is 3. The summed E-state index contributed by atoms with van der Waals surface area (Å²) in [6.07, 6.45) is -0.645. The predicted octanol–water partition coefficient (Wildman–Crippen LogP) is 1.82. The van der Waals surface area contributed by atoms with Crippen LogP contribution in [0.2, 0.25) is 5.02 Å². The summed E-state index contributed by atoms with van der Waals surface area (Å²) in [6.45, 7) is 1.69. The number of likely N-dealkylation sites (N-methyl/N-ethyl adjacent to an activating group) is 2. The second-order valence-corrected chi connectivity index (χ2v) is 4.59. The van der Waals surface area contributed by atoms with Crippen LogP contribution in [-0.4, -0.2) is 49.1 Å². The van der Waals surface area contributed by atoms with Crippen molar-refractivity contribution >= 4 is 11.6 Å². The van der Waals surface area contributed by atoms with E-state index in [4.69, 9.17) is 11.6 Å². The maximum atomic E-state index is 10.1. The first-order valence-corrected chi connectivity index (χ1v) is 5.67. The van der Waals surface area contributed by atoms with Crippen molar-refractivity contribution in [3.63, 3.8) is 0 Å². The van der Waals surface area contributed by atoms with Crippen LogP contribution in [0, 0.1) is 0 Å². The van der Waals surface area contributed by atoms with E-state index in [1.807, 2.05) is 44.2 Å². The van der Waals surface area contributed by atoms with Gasteiger partial charge in [0.15, 0.2) is 0 Å². The number of halogens is 1. The Bertz CT molecular complexity index is 331. The second-order valence-electron chi connectivity index (χ2n) is 4.18. The van der Waals surface area contributed by atoms with Crippen LogP contribution < -0.4 is 0 Å². The van der Waals surface area contributed by atoms with Gasteiger partial charge >= 0.3 is 0 Å². The fourth-order valence-electron chi connectivity index (χ4n) is 1.40. The molecule has 16 heavy (non-hydrogen) atoms. The van der Waals surface area contributed by atoms with Gasteiger partial charge in [-0.15, -0.1) is 0 Å². The zero-order chi connectivity index (χ0) is 12.1. The Hall–Kier alpha value is -0.610. The van der Waals surface area contributed by atoms with E-state index < -0.39 is 6.23 Å². The molecule has 1 aromatic carbocycles. The van der Waals surface area contributed by atoms with Gasteiger partial charge < -0.3 is 10.0 Å². The minimum absolute atomic E-state index is 0.603. The molecule has 1 unspecified atom stereocenters. The van der Waals surface area contributed by atoms with Crippen LogP contribution in [-0.2, 0) is 0 Å². The Balaban J connectivity index is 2.63. The zero-order valence-electron chi connectivity index (χ0n) is 10.0. The lowest BCUT2D eigenvalue weighted by molar-refractivity contribution is 0.0176. The minimum Gasteiger partial charge on any atom is -0.374 e.